The Morgan fingerprint density at radius 3 is 2.38 bits per heavy atom. The van der Waals surface area contributed by atoms with Crippen LogP contribution >= 0.6 is 34.8 Å². The molecular formula is C19H23Cl3N2O2. The van der Waals surface area contributed by atoms with Gasteiger partial charge in [0.1, 0.15) is 12.4 Å². The summed E-state index contributed by atoms with van der Waals surface area (Å²) in [6.45, 7) is 4.84. The highest BCUT2D eigenvalue weighted by Crippen LogP contribution is 2.26. The summed E-state index contributed by atoms with van der Waals surface area (Å²) in [7, 11) is 0. The Labute approximate surface area is 169 Å². The minimum Gasteiger partial charge on any atom is -0.489 e. The van der Waals surface area contributed by atoms with Gasteiger partial charge in [-0.3, -0.25) is 0 Å². The summed E-state index contributed by atoms with van der Waals surface area (Å²) >= 11 is 18.2. The van der Waals surface area contributed by atoms with Crippen molar-refractivity contribution in [3.05, 3.63) is 62.6 Å². The third-order valence-corrected chi connectivity index (χ3v) is 4.48. The summed E-state index contributed by atoms with van der Waals surface area (Å²) in [5.41, 5.74) is 1.84. The van der Waals surface area contributed by atoms with Gasteiger partial charge in [-0.25, -0.2) is 0 Å². The number of rotatable bonds is 10. The van der Waals surface area contributed by atoms with Crippen molar-refractivity contribution >= 4 is 34.8 Å². The van der Waals surface area contributed by atoms with Gasteiger partial charge in [0.25, 0.3) is 0 Å². The predicted molar refractivity (Wildman–Crippen MR) is 109 cm³/mol. The number of hydrogen-bond donors (Lipinski definition) is 3. The first-order valence-corrected chi connectivity index (χ1v) is 9.53. The maximum Gasteiger partial charge on any atom is 0.124 e. The van der Waals surface area contributed by atoms with Gasteiger partial charge >= 0.3 is 0 Å². The molecule has 0 aliphatic carbocycles. The van der Waals surface area contributed by atoms with Crippen molar-refractivity contribution in [3.8, 4) is 5.75 Å². The molecule has 0 bridgehead atoms. The van der Waals surface area contributed by atoms with Gasteiger partial charge in [0.2, 0.25) is 0 Å². The van der Waals surface area contributed by atoms with E-state index in [9.17, 15) is 5.11 Å². The molecular weight excluding hydrogens is 395 g/mol. The molecule has 2 aromatic rings. The standard InChI is InChI=1S/C19H23Cl3N2O2/c1-13(25)10-23-6-7-24-11-15-8-16(20)4-5-19(15)26-12-14-2-3-17(21)9-18(14)22/h2-5,8-9,13,23-25H,6-7,10-12H2,1H3/t13-/m1/s1. The van der Waals surface area contributed by atoms with E-state index in [-0.39, 0.29) is 6.10 Å². The molecule has 7 heteroatoms. The zero-order valence-electron chi connectivity index (χ0n) is 14.6. The zero-order valence-corrected chi connectivity index (χ0v) is 16.8. The maximum absolute atomic E-state index is 9.21. The van der Waals surface area contributed by atoms with Gasteiger partial charge in [-0.2, -0.15) is 0 Å². The average molecular weight is 418 g/mol. The van der Waals surface area contributed by atoms with Crippen LogP contribution < -0.4 is 15.4 Å². The van der Waals surface area contributed by atoms with Crippen molar-refractivity contribution in [3.63, 3.8) is 0 Å². The third kappa shape index (κ3) is 7.31. The number of ether oxygens (including phenoxy) is 1. The van der Waals surface area contributed by atoms with Crippen LogP contribution in [0.4, 0.5) is 0 Å². The summed E-state index contributed by atoms with van der Waals surface area (Å²) < 4.78 is 5.93. The number of nitrogens with one attached hydrogen (secondary N) is 2. The normalized spacial score (nSPS) is 12.2. The first-order valence-electron chi connectivity index (χ1n) is 8.40. The summed E-state index contributed by atoms with van der Waals surface area (Å²) in [6, 6.07) is 10.9. The van der Waals surface area contributed by atoms with Crippen molar-refractivity contribution < 1.29 is 9.84 Å². The van der Waals surface area contributed by atoms with Crippen molar-refractivity contribution in [2.75, 3.05) is 19.6 Å². The van der Waals surface area contributed by atoms with E-state index in [2.05, 4.69) is 10.6 Å². The van der Waals surface area contributed by atoms with E-state index in [1.165, 1.54) is 0 Å². The first kappa shape index (κ1) is 21.3. The Morgan fingerprint density at radius 2 is 1.65 bits per heavy atom. The fourth-order valence-electron chi connectivity index (χ4n) is 2.33. The van der Waals surface area contributed by atoms with Crippen molar-refractivity contribution in [1.29, 1.82) is 0 Å². The molecule has 0 radical (unpaired) electrons. The van der Waals surface area contributed by atoms with Gasteiger partial charge in [0.05, 0.1) is 6.10 Å². The monoisotopic (exact) mass is 416 g/mol. The third-order valence-electron chi connectivity index (χ3n) is 3.65. The van der Waals surface area contributed by atoms with E-state index in [1.54, 1.807) is 25.1 Å². The van der Waals surface area contributed by atoms with Crippen LogP contribution in [0.25, 0.3) is 0 Å². The fraction of sp³-hybridized carbons (Fsp3) is 0.368. The molecule has 0 unspecified atom stereocenters. The molecule has 4 nitrogen and oxygen atoms in total. The summed E-state index contributed by atoms with van der Waals surface area (Å²) in [4.78, 5) is 0. The highest BCUT2D eigenvalue weighted by Gasteiger charge is 2.07. The average Bonchev–Trinajstić information content (AvgIpc) is 2.58. The van der Waals surface area contributed by atoms with Crippen molar-refractivity contribution in [2.45, 2.75) is 26.2 Å². The largest absolute Gasteiger partial charge is 0.489 e. The molecule has 0 amide bonds. The molecule has 2 aromatic carbocycles. The Morgan fingerprint density at radius 1 is 0.962 bits per heavy atom. The van der Waals surface area contributed by atoms with Crippen molar-refractivity contribution in [1.82, 2.24) is 10.6 Å². The van der Waals surface area contributed by atoms with E-state index >= 15 is 0 Å². The number of benzene rings is 2. The minimum absolute atomic E-state index is 0.345. The lowest BCUT2D eigenvalue weighted by molar-refractivity contribution is 0.191. The van der Waals surface area contributed by atoms with E-state index in [0.29, 0.717) is 34.8 Å². The van der Waals surface area contributed by atoms with E-state index in [0.717, 1.165) is 30.0 Å². The molecule has 0 aliphatic rings. The molecule has 3 N–H and O–H groups in total. The SMILES string of the molecule is C[C@@H](O)CNCCNCc1cc(Cl)ccc1OCc1ccc(Cl)cc1Cl. The molecule has 0 fully saturated rings. The Kier molecular flexibility index (Phi) is 8.99. The minimum atomic E-state index is -0.345. The molecule has 0 saturated heterocycles. The van der Waals surface area contributed by atoms with Gasteiger partial charge in [-0.1, -0.05) is 40.9 Å². The van der Waals surface area contributed by atoms with Crippen LogP contribution in [-0.2, 0) is 13.2 Å². The molecule has 0 aromatic heterocycles. The molecule has 2 rings (SSSR count). The zero-order chi connectivity index (χ0) is 18.9. The van der Waals surface area contributed by atoms with Gasteiger partial charge in [-0.05, 0) is 37.3 Å². The molecule has 0 spiro atoms. The lowest BCUT2D eigenvalue weighted by Gasteiger charge is -2.14. The second-order valence-electron chi connectivity index (χ2n) is 6.01. The topological polar surface area (TPSA) is 53.5 Å². The van der Waals surface area contributed by atoms with Gasteiger partial charge in [0.15, 0.2) is 0 Å². The highest BCUT2D eigenvalue weighted by molar-refractivity contribution is 6.35. The predicted octanol–water partition coefficient (Wildman–Crippen LogP) is 4.29. The van der Waals surface area contributed by atoms with E-state index < -0.39 is 0 Å². The fourth-order valence-corrected chi connectivity index (χ4v) is 2.99. The van der Waals surface area contributed by atoms with Crippen LogP contribution in [0, 0.1) is 0 Å². The summed E-state index contributed by atoms with van der Waals surface area (Å²) in [5.74, 6) is 0.754. The quantitative estimate of drug-likeness (QED) is 0.505. The Bertz CT molecular complexity index is 711. The van der Waals surface area contributed by atoms with Crippen LogP contribution in [0.2, 0.25) is 15.1 Å². The number of aliphatic hydroxyl groups excluding tert-OH is 1. The molecule has 26 heavy (non-hydrogen) atoms. The lowest BCUT2D eigenvalue weighted by Crippen LogP contribution is -2.31. The van der Waals surface area contributed by atoms with E-state index in [1.807, 2.05) is 18.2 Å². The Balaban J connectivity index is 1.90. The maximum atomic E-state index is 9.21. The molecule has 1 atom stereocenters. The summed E-state index contributed by atoms with van der Waals surface area (Å²) in [5, 5.41) is 17.5. The van der Waals surface area contributed by atoms with E-state index in [4.69, 9.17) is 39.5 Å². The second-order valence-corrected chi connectivity index (χ2v) is 7.29. The number of aliphatic hydroxyl groups is 1. The van der Waals surface area contributed by atoms with Crippen LogP contribution in [0.5, 0.6) is 5.75 Å². The molecule has 142 valence electrons. The summed E-state index contributed by atoms with van der Waals surface area (Å²) in [6.07, 6.45) is -0.345. The molecule has 0 aliphatic heterocycles. The van der Waals surface area contributed by atoms with Gasteiger partial charge in [0, 0.05) is 52.4 Å². The lowest BCUT2D eigenvalue weighted by atomic mass is 10.2. The Hall–Kier alpha value is -1.01. The molecule has 0 saturated carbocycles. The van der Waals surface area contributed by atoms with Gasteiger partial charge < -0.3 is 20.5 Å². The van der Waals surface area contributed by atoms with Crippen LogP contribution in [-0.4, -0.2) is 30.8 Å². The van der Waals surface area contributed by atoms with Gasteiger partial charge in [-0.15, -0.1) is 0 Å². The first-order chi connectivity index (χ1) is 12.5. The smallest absolute Gasteiger partial charge is 0.124 e. The van der Waals surface area contributed by atoms with Crippen LogP contribution in [0.1, 0.15) is 18.1 Å². The van der Waals surface area contributed by atoms with Crippen LogP contribution in [0.3, 0.4) is 0 Å². The number of hydrogen-bond acceptors (Lipinski definition) is 4. The number of halogens is 3. The van der Waals surface area contributed by atoms with Crippen molar-refractivity contribution in [2.24, 2.45) is 0 Å². The highest BCUT2D eigenvalue weighted by atomic mass is 35.5. The second kappa shape index (κ2) is 11.0. The van der Waals surface area contributed by atoms with Crippen LogP contribution in [0.15, 0.2) is 36.4 Å². The molecule has 0 heterocycles.